The smallest absolute Gasteiger partial charge is 0.251 e. The van der Waals surface area contributed by atoms with E-state index in [-0.39, 0.29) is 16.8 Å². The molecule has 1 aromatic carbocycles. The van der Waals surface area contributed by atoms with E-state index < -0.39 is 10.0 Å². The van der Waals surface area contributed by atoms with Crippen LogP contribution in [0.3, 0.4) is 0 Å². The molecule has 0 radical (unpaired) electrons. The Morgan fingerprint density at radius 1 is 1.20 bits per heavy atom. The van der Waals surface area contributed by atoms with Crippen LogP contribution in [0.15, 0.2) is 29.2 Å². The molecular weight excluding hydrogens is 338 g/mol. The maximum atomic E-state index is 12.3. The van der Waals surface area contributed by atoms with Crippen LogP contribution in [0.5, 0.6) is 0 Å². The first kappa shape index (κ1) is 19.9. The fourth-order valence-corrected chi connectivity index (χ4v) is 4.27. The van der Waals surface area contributed by atoms with E-state index in [4.69, 9.17) is 0 Å². The largest absolute Gasteiger partial charge is 0.352 e. The Morgan fingerprint density at radius 3 is 2.60 bits per heavy atom. The second-order valence-corrected chi connectivity index (χ2v) is 8.53. The quantitative estimate of drug-likeness (QED) is 0.689. The molecule has 0 spiro atoms. The highest BCUT2D eigenvalue weighted by atomic mass is 32.2. The molecule has 1 aromatic rings. The summed E-state index contributed by atoms with van der Waals surface area (Å²) in [7, 11) is -3.59. The fourth-order valence-electron chi connectivity index (χ4n) is 2.97. The number of carbonyl (C=O) groups is 1. The summed E-state index contributed by atoms with van der Waals surface area (Å²) in [6.45, 7) is 7.41. The molecule has 25 heavy (non-hydrogen) atoms. The van der Waals surface area contributed by atoms with E-state index in [0.717, 1.165) is 26.1 Å². The first-order chi connectivity index (χ1) is 11.9. The van der Waals surface area contributed by atoms with Crippen molar-refractivity contribution in [2.45, 2.75) is 50.5 Å². The fraction of sp³-hybridized carbons (Fsp3) is 0.611. The first-order valence-electron chi connectivity index (χ1n) is 9.01. The molecule has 1 fully saturated rings. The number of hydrogen-bond donors (Lipinski definition) is 2. The number of likely N-dealkylation sites (tertiary alicyclic amines) is 1. The molecule has 1 amide bonds. The van der Waals surface area contributed by atoms with Crippen molar-refractivity contribution in [3.63, 3.8) is 0 Å². The number of piperidine rings is 1. The Kier molecular flexibility index (Phi) is 7.40. The lowest BCUT2D eigenvalue weighted by atomic mass is 10.1. The SMILES string of the molecule is CC(C)NS(=O)(=O)c1cccc(C(=O)NCCCN2CCCCC2)c1. The summed E-state index contributed by atoms with van der Waals surface area (Å²) in [5, 5.41) is 2.88. The average Bonchev–Trinajstić information content (AvgIpc) is 2.58. The molecule has 0 saturated carbocycles. The summed E-state index contributed by atoms with van der Waals surface area (Å²) < 4.78 is 26.9. The number of sulfonamides is 1. The highest BCUT2D eigenvalue weighted by molar-refractivity contribution is 7.89. The second kappa shape index (κ2) is 9.31. The number of nitrogens with zero attached hydrogens (tertiary/aromatic N) is 1. The van der Waals surface area contributed by atoms with Gasteiger partial charge >= 0.3 is 0 Å². The molecule has 1 saturated heterocycles. The summed E-state index contributed by atoms with van der Waals surface area (Å²) >= 11 is 0. The zero-order chi connectivity index (χ0) is 18.3. The Hall–Kier alpha value is -1.44. The molecule has 0 atom stereocenters. The highest BCUT2D eigenvalue weighted by Gasteiger charge is 2.17. The van der Waals surface area contributed by atoms with Crippen molar-refractivity contribution in [2.75, 3.05) is 26.2 Å². The lowest BCUT2D eigenvalue weighted by molar-refractivity contribution is 0.0951. The minimum absolute atomic E-state index is 0.113. The van der Waals surface area contributed by atoms with Gasteiger partial charge in [-0.1, -0.05) is 12.5 Å². The van der Waals surface area contributed by atoms with Gasteiger partial charge in [-0.3, -0.25) is 4.79 Å². The second-order valence-electron chi connectivity index (χ2n) is 6.82. The number of rotatable bonds is 8. The van der Waals surface area contributed by atoms with Crippen LogP contribution in [-0.4, -0.2) is 51.4 Å². The average molecular weight is 368 g/mol. The Morgan fingerprint density at radius 2 is 1.92 bits per heavy atom. The normalized spacial score (nSPS) is 16.1. The Balaban J connectivity index is 1.86. The zero-order valence-electron chi connectivity index (χ0n) is 15.1. The van der Waals surface area contributed by atoms with Gasteiger partial charge in [-0.25, -0.2) is 13.1 Å². The third kappa shape index (κ3) is 6.41. The summed E-state index contributed by atoms with van der Waals surface area (Å²) in [6.07, 6.45) is 4.74. The van der Waals surface area contributed by atoms with Crippen molar-refractivity contribution < 1.29 is 13.2 Å². The van der Waals surface area contributed by atoms with Gasteiger partial charge in [0.1, 0.15) is 0 Å². The zero-order valence-corrected chi connectivity index (χ0v) is 15.9. The van der Waals surface area contributed by atoms with Gasteiger partial charge in [0.2, 0.25) is 10.0 Å². The Bertz CT molecular complexity index is 668. The lowest BCUT2D eigenvalue weighted by Crippen LogP contribution is -2.33. The van der Waals surface area contributed by atoms with Crippen LogP contribution in [0.2, 0.25) is 0 Å². The molecule has 1 heterocycles. The molecule has 2 N–H and O–H groups in total. The van der Waals surface area contributed by atoms with Crippen LogP contribution < -0.4 is 10.0 Å². The lowest BCUT2D eigenvalue weighted by Gasteiger charge is -2.26. The third-order valence-corrected chi connectivity index (χ3v) is 5.84. The summed E-state index contributed by atoms with van der Waals surface area (Å²) in [5.41, 5.74) is 0.365. The van der Waals surface area contributed by atoms with Crippen molar-refractivity contribution in [3.05, 3.63) is 29.8 Å². The summed E-state index contributed by atoms with van der Waals surface area (Å²) in [6, 6.07) is 5.95. The molecule has 6 nitrogen and oxygen atoms in total. The monoisotopic (exact) mass is 367 g/mol. The number of hydrogen-bond acceptors (Lipinski definition) is 4. The molecular formula is C18H29N3O3S. The van der Waals surface area contributed by atoms with Crippen molar-refractivity contribution in [3.8, 4) is 0 Å². The van der Waals surface area contributed by atoms with Crippen molar-refractivity contribution in [1.29, 1.82) is 0 Å². The molecule has 140 valence electrons. The van der Waals surface area contributed by atoms with E-state index in [1.807, 2.05) is 0 Å². The predicted molar refractivity (Wildman–Crippen MR) is 99.1 cm³/mol. The maximum absolute atomic E-state index is 12.3. The minimum atomic E-state index is -3.59. The van der Waals surface area contributed by atoms with Gasteiger partial charge in [0.05, 0.1) is 4.90 Å². The van der Waals surface area contributed by atoms with Crippen molar-refractivity contribution in [1.82, 2.24) is 14.9 Å². The van der Waals surface area contributed by atoms with Crippen LogP contribution in [-0.2, 0) is 10.0 Å². The van der Waals surface area contributed by atoms with Gasteiger partial charge in [0.15, 0.2) is 0 Å². The molecule has 7 heteroatoms. The van der Waals surface area contributed by atoms with E-state index in [0.29, 0.717) is 12.1 Å². The summed E-state index contributed by atoms with van der Waals surface area (Å²) in [5.74, 6) is -0.236. The van der Waals surface area contributed by atoms with Gasteiger partial charge < -0.3 is 10.2 Å². The maximum Gasteiger partial charge on any atom is 0.251 e. The van der Waals surface area contributed by atoms with E-state index in [9.17, 15) is 13.2 Å². The van der Waals surface area contributed by atoms with Gasteiger partial charge in [-0.05, 0) is 70.9 Å². The van der Waals surface area contributed by atoms with E-state index in [1.54, 1.807) is 26.0 Å². The molecule has 0 bridgehead atoms. The topological polar surface area (TPSA) is 78.5 Å². The number of benzene rings is 1. The van der Waals surface area contributed by atoms with Crippen molar-refractivity contribution in [2.24, 2.45) is 0 Å². The number of amides is 1. The molecule has 2 rings (SSSR count). The van der Waals surface area contributed by atoms with Crippen molar-refractivity contribution >= 4 is 15.9 Å². The summed E-state index contributed by atoms with van der Waals surface area (Å²) in [4.78, 5) is 14.8. The third-order valence-electron chi connectivity index (χ3n) is 4.18. The van der Waals surface area contributed by atoms with E-state index in [1.165, 1.54) is 31.4 Å². The molecule has 1 aliphatic heterocycles. The number of nitrogens with one attached hydrogen (secondary N) is 2. The predicted octanol–water partition coefficient (Wildman–Crippen LogP) is 1.98. The van der Waals surface area contributed by atoms with Gasteiger partial charge in [0, 0.05) is 18.2 Å². The Labute approximate surface area is 151 Å². The van der Waals surface area contributed by atoms with Gasteiger partial charge in [0.25, 0.3) is 5.91 Å². The molecule has 0 unspecified atom stereocenters. The van der Waals surface area contributed by atoms with Gasteiger partial charge in [-0.15, -0.1) is 0 Å². The van der Waals surface area contributed by atoms with Crippen LogP contribution in [0, 0.1) is 0 Å². The van der Waals surface area contributed by atoms with Gasteiger partial charge in [-0.2, -0.15) is 0 Å². The minimum Gasteiger partial charge on any atom is -0.352 e. The van der Waals surface area contributed by atoms with Crippen LogP contribution >= 0.6 is 0 Å². The molecule has 1 aliphatic rings. The number of carbonyl (C=O) groups excluding carboxylic acids is 1. The van der Waals surface area contributed by atoms with E-state index in [2.05, 4.69) is 14.9 Å². The van der Waals surface area contributed by atoms with E-state index >= 15 is 0 Å². The molecule has 0 aliphatic carbocycles. The first-order valence-corrected chi connectivity index (χ1v) is 10.5. The van der Waals surface area contributed by atoms with Crippen LogP contribution in [0.1, 0.15) is 49.9 Å². The standard InChI is InChI=1S/C18H29N3O3S/c1-15(2)20-25(23,24)17-9-6-8-16(14-17)18(22)19-10-7-13-21-11-4-3-5-12-21/h6,8-9,14-15,20H,3-5,7,10-13H2,1-2H3,(H,19,22). The molecule has 0 aromatic heterocycles. The van der Waals surface area contributed by atoms with Crippen LogP contribution in [0.25, 0.3) is 0 Å². The highest BCUT2D eigenvalue weighted by Crippen LogP contribution is 2.12. The van der Waals surface area contributed by atoms with Crippen LogP contribution in [0.4, 0.5) is 0 Å².